The minimum Gasteiger partial charge on any atom is -0.377 e. The van der Waals surface area contributed by atoms with Gasteiger partial charge in [0, 0.05) is 38.3 Å². The number of hydrogen-bond acceptors (Lipinski definition) is 1. The fraction of sp³-hybridized carbons (Fsp3) is 0.400. The van der Waals surface area contributed by atoms with Crippen LogP contribution in [0.3, 0.4) is 0 Å². The Morgan fingerprint density at radius 3 is 2.33 bits per heavy atom. The Labute approximate surface area is 74.4 Å². The summed E-state index contributed by atoms with van der Waals surface area (Å²) in [7, 11) is 4.09. The van der Waals surface area contributed by atoms with Crippen LogP contribution in [0.2, 0.25) is 0 Å². The number of anilines is 1. The van der Waals surface area contributed by atoms with E-state index in [0.717, 1.165) is 13.0 Å². The third-order valence-corrected chi connectivity index (χ3v) is 1.81. The van der Waals surface area contributed by atoms with E-state index in [1.54, 1.807) is 0 Å². The van der Waals surface area contributed by atoms with E-state index < -0.39 is 0 Å². The molecule has 12 heavy (non-hydrogen) atoms. The van der Waals surface area contributed by atoms with Crippen molar-refractivity contribution < 1.29 is 4.57 Å². The molecule has 0 aromatic carbocycles. The molecule has 0 aliphatic carbocycles. The Bertz CT molecular complexity index is 226. The maximum Gasteiger partial charge on any atom is 0.170 e. The van der Waals surface area contributed by atoms with Crippen LogP contribution >= 0.6 is 0 Å². The van der Waals surface area contributed by atoms with E-state index in [-0.39, 0.29) is 0 Å². The lowest BCUT2D eigenvalue weighted by Crippen LogP contribution is -2.32. The van der Waals surface area contributed by atoms with Gasteiger partial charge in [0.2, 0.25) is 0 Å². The maximum atomic E-state index is 3.81. The van der Waals surface area contributed by atoms with Gasteiger partial charge in [0.1, 0.15) is 6.54 Å². The molecule has 1 aromatic rings. The van der Waals surface area contributed by atoms with Crippen LogP contribution in [0.5, 0.6) is 0 Å². The molecule has 0 N–H and O–H groups in total. The third-order valence-electron chi connectivity index (χ3n) is 1.81. The second-order valence-electron chi connectivity index (χ2n) is 3.04. The number of hydrogen-bond donors (Lipinski definition) is 0. The molecular formula is C10H16N2+. The minimum absolute atomic E-state index is 0.936. The molecule has 1 radical (unpaired) electrons. The minimum atomic E-state index is 0.936. The fourth-order valence-corrected chi connectivity index (χ4v) is 1.08. The average Bonchev–Trinajstić information content (AvgIpc) is 2.06. The highest BCUT2D eigenvalue weighted by atomic mass is 15.1. The van der Waals surface area contributed by atoms with E-state index in [1.807, 2.05) is 14.1 Å². The van der Waals surface area contributed by atoms with Crippen molar-refractivity contribution in [2.75, 3.05) is 19.0 Å². The molecule has 1 aromatic heterocycles. The van der Waals surface area contributed by atoms with Crippen molar-refractivity contribution in [3.63, 3.8) is 0 Å². The van der Waals surface area contributed by atoms with Gasteiger partial charge in [0.15, 0.2) is 12.4 Å². The summed E-state index contributed by atoms with van der Waals surface area (Å²) in [6.07, 6.45) is 5.10. The summed E-state index contributed by atoms with van der Waals surface area (Å²) < 4.78 is 2.14. The van der Waals surface area contributed by atoms with E-state index in [2.05, 4.69) is 40.9 Å². The van der Waals surface area contributed by atoms with E-state index in [9.17, 15) is 0 Å². The summed E-state index contributed by atoms with van der Waals surface area (Å²) in [5.41, 5.74) is 1.23. The highest BCUT2D eigenvalue weighted by Gasteiger charge is 1.99. The Hall–Kier alpha value is -1.05. The van der Waals surface area contributed by atoms with Crippen LogP contribution in [0.25, 0.3) is 0 Å². The third kappa shape index (κ3) is 2.22. The van der Waals surface area contributed by atoms with Gasteiger partial charge in [-0.05, 0) is 6.92 Å². The van der Waals surface area contributed by atoms with Crippen molar-refractivity contribution in [2.45, 2.75) is 13.0 Å². The van der Waals surface area contributed by atoms with Gasteiger partial charge in [-0.1, -0.05) is 0 Å². The molecule has 0 bridgehead atoms. The highest BCUT2D eigenvalue weighted by Crippen LogP contribution is 2.05. The van der Waals surface area contributed by atoms with E-state index in [4.69, 9.17) is 0 Å². The SMILES string of the molecule is [CH2]CC[n+]1ccc(N(C)C)cc1. The molecule has 0 fully saturated rings. The van der Waals surface area contributed by atoms with Gasteiger partial charge in [-0.15, -0.1) is 0 Å². The zero-order valence-corrected chi connectivity index (χ0v) is 7.83. The summed E-state index contributed by atoms with van der Waals surface area (Å²) in [6.45, 7) is 4.80. The fourth-order valence-electron chi connectivity index (χ4n) is 1.08. The first-order valence-electron chi connectivity index (χ1n) is 4.19. The van der Waals surface area contributed by atoms with E-state index in [1.165, 1.54) is 5.69 Å². The molecule has 0 unspecified atom stereocenters. The monoisotopic (exact) mass is 164 g/mol. The molecule has 0 saturated heterocycles. The van der Waals surface area contributed by atoms with Crippen molar-refractivity contribution in [3.05, 3.63) is 31.5 Å². The first kappa shape index (κ1) is 9.04. The Kier molecular flexibility index (Phi) is 3.09. The average molecular weight is 164 g/mol. The molecule has 2 nitrogen and oxygen atoms in total. The predicted molar refractivity (Wildman–Crippen MR) is 50.9 cm³/mol. The molecule has 0 saturated carbocycles. The molecule has 65 valence electrons. The summed E-state index contributed by atoms with van der Waals surface area (Å²) in [5.74, 6) is 0. The summed E-state index contributed by atoms with van der Waals surface area (Å²) >= 11 is 0. The van der Waals surface area contributed by atoms with Gasteiger partial charge >= 0.3 is 0 Å². The first-order chi connectivity index (χ1) is 5.74. The summed E-state index contributed by atoms with van der Waals surface area (Å²) in [4.78, 5) is 2.09. The Balaban J connectivity index is 2.71. The number of aryl methyl sites for hydroxylation is 1. The van der Waals surface area contributed by atoms with Gasteiger partial charge in [0.05, 0.1) is 0 Å². The lowest BCUT2D eigenvalue weighted by molar-refractivity contribution is -0.696. The van der Waals surface area contributed by atoms with Crippen LogP contribution in [0.1, 0.15) is 6.42 Å². The van der Waals surface area contributed by atoms with Gasteiger partial charge in [0.25, 0.3) is 0 Å². The van der Waals surface area contributed by atoms with Crippen molar-refractivity contribution in [3.8, 4) is 0 Å². The molecule has 0 spiro atoms. The second-order valence-corrected chi connectivity index (χ2v) is 3.04. The number of pyridine rings is 1. The lowest BCUT2D eigenvalue weighted by atomic mass is 10.3. The smallest absolute Gasteiger partial charge is 0.170 e. The lowest BCUT2D eigenvalue weighted by Gasteiger charge is -2.10. The largest absolute Gasteiger partial charge is 0.377 e. The van der Waals surface area contributed by atoms with E-state index in [0.29, 0.717) is 0 Å². The second kappa shape index (κ2) is 4.10. The zero-order chi connectivity index (χ0) is 8.97. The quantitative estimate of drug-likeness (QED) is 0.610. The van der Waals surface area contributed by atoms with Gasteiger partial charge in [-0.3, -0.25) is 0 Å². The maximum absolute atomic E-state index is 3.81. The van der Waals surface area contributed by atoms with Crippen molar-refractivity contribution >= 4 is 5.69 Å². The number of aromatic nitrogens is 1. The van der Waals surface area contributed by atoms with Gasteiger partial charge < -0.3 is 4.90 Å². The first-order valence-corrected chi connectivity index (χ1v) is 4.19. The number of nitrogens with zero attached hydrogens (tertiary/aromatic N) is 2. The molecule has 0 aliphatic rings. The van der Waals surface area contributed by atoms with Crippen LogP contribution in [0.15, 0.2) is 24.5 Å². The standard InChI is InChI=1S/C10H16N2/c1-4-7-12-8-5-10(6-9-12)11(2)3/h5-6,8-9H,1,4,7H2,2-3H3/q+1. The van der Waals surface area contributed by atoms with Gasteiger partial charge in [-0.25, -0.2) is 4.57 Å². The predicted octanol–water partition coefficient (Wildman–Crippen LogP) is 1.26. The molecule has 0 aliphatic heterocycles. The van der Waals surface area contributed by atoms with Crippen LogP contribution in [-0.4, -0.2) is 14.1 Å². The Morgan fingerprint density at radius 2 is 1.92 bits per heavy atom. The van der Waals surface area contributed by atoms with Crippen molar-refractivity contribution in [2.24, 2.45) is 0 Å². The molecule has 1 rings (SSSR count). The van der Waals surface area contributed by atoms with Crippen molar-refractivity contribution in [1.29, 1.82) is 0 Å². The normalized spacial score (nSPS) is 9.92. The summed E-state index contributed by atoms with van der Waals surface area (Å²) in [5, 5.41) is 0. The van der Waals surface area contributed by atoms with Crippen LogP contribution in [0, 0.1) is 6.92 Å². The van der Waals surface area contributed by atoms with Crippen LogP contribution in [-0.2, 0) is 6.54 Å². The molecular weight excluding hydrogens is 148 g/mol. The highest BCUT2D eigenvalue weighted by molar-refractivity contribution is 5.41. The molecule has 0 atom stereocenters. The van der Waals surface area contributed by atoms with Crippen LogP contribution < -0.4 is 9.47 Å². The molecule has 1 heterocycles. The van der Waals surface area contributed by atoms with Crippen LogP contribution in [0.4, 0.5) is 5.69 Å². The summed E-state index contributed by atoms with van der Waals surface area (Å²) in [6, 6.07) is 4.21. The molecule has 2 heteroatoms. The molecule has 0 amide bonds. The number of rotatable bonds is 3. The van der Waals surface area contributed by atoms with Crippen molar-refractivity contribution in [1.82, 2.24) is 0 Å². The topological polar surface area (TPSA) is 7.12 Å². The Morgan fingerprint density at radius 1 is 1.33 bits per heavy atom. The van der Waals surface area contributed by atoms with E-state index >= 15 is 0 Å². The van der Waals surface area contributed by atoms with Gasteiger partial charge in [-0.2, -0.15) is 0 Å². The zero-order valence-electron chi connectivity index (χ0n) is 7.83.